The van der Waals surface area contributed by atoms with Gasteiger partial charge in [0, 0.05) is 19.2 Å². The third-order valence-corrected chi connectivity index (χ3v) is 8.08. The van der Waals surface area contributed by atoms with Gasteiger partial charge in [-0.3, -0.25) is 0 Å². The predicted octanol–water partition coefficient (Wildman–Crippen LogP) is 4.68. The summed E-state index contributed by atoms with van der Waals surface area (Å²) in [4.78, 5) is 13.3. The SMILES string of the molecule is CC(OC(=O)/C=C/c1ccc(S(=O)(=O)N2CCCCCC2)cc1)c1nnc(-c2cccs2)o1. The van der Waals surface area contributed by atoms with E-state index in [9.17, 15) is 13.2 Å². The van der Waals surface area contributed by atoms with E-state index in [1.165, 1.54) is 17.4 Å². The van der Waals surface area contributed by atoms with E-state index >= 15 is 0 Å². The molecule has 1 saturated heterocycles. The lowest BCUT2D eigenvalue weighted by Crippen LogP contribution is -2.31. The summed E-state index contributed by atoms with van der Waals surface area (Å²) in [6, 6.07) is 10.2. The Hall–Kier alpha value is -2.82. The van der Waals surface area contributed by atoms with Crippen molar-refractivity contribution in [2.24, 2.45) is 0 Å². The lowest BCUT2D eigenvalue weighted by molar-refractivity contribution is -0.143. The summed E-state index contributed by atoms with van der Waals surface area (Å²) in [5.41, 5.74) is 0.687. The van der Waals surface area contributed by atoms with Gasteiger partial charge in [-0.25, -0.2) is 13.2 Å². The lowest BCUT2D eigenvalue weighted by Gasteiger charge is -2.19. The van der Waals surface area contributed by atoms with Crippen molar-refractivity contribution < 1.29 is 22.4 Å². The maximum atomic E-state index is 12.9. The van der Waals surface area contributed by atoms with Gasteiger partial charge in [-0.05, 0) is 55.0 Å². The minimum absolute atomic E-state index is 0.211. The first-order valence-electron chi connectivity index (χ1n) is 10.8. The molecule has 0 N–H and O–H groups in total. The van der Waals surface area contributed by atoms with Crippen LogP contribution in [0.4, 0.5) is 0 Å². The van der Waals surface area contributed by atoms with E-state index in [2.05, 4.69) is 10.2 Å². The van der Waals surface area contributed by atoms with Gasteiger partial charge in [0.2, 0.25) is 10.0 Å². The molecule has 0 saturated carbocycles. The molecule has 8 nitrogen and oxygen atoms in total. The highest BCUT2D eigenvalue weighted by molar-refractivity contribution is 7.89. The van der Waals surface area contributed by atoms with Crippen molar-refractivity contribution in [2.75, 3.05) is 13.1 Å². The second kappa shape index (κ2) is 10.4. The Balaban J connectivity index is 1.35. The van der Waals surface area contributed by atoms with Crippen molar-refractivity contribution >= 4 is 33.4 Å². The molecular formula is C23H25N3O5S2. The van der Waals surface area contributed by atoms with Crippen LogP contribution in [0.5, 0.6) is 0 Å². The number of hydrogen-bond acceptors (Lipinski definition) is 8. The van der Waals surface area contributed by atoms with Crippen molar-refractivity contribution in [3.63, 3.8) is 0 Å². The van der Waals surface area contributed by atoms with Crippen LogP contribution in [0.25, 0.3) is 16.8 Å². The smallest absolute Gasteiger partial charge is 0.331 e. The van der Waals surface area contributed by atoms with Crippen molar-refractivity contribution in [3.05, 3.63) is 59.3 Å². The molecule has 10 heteroatoms. The summed E-state index contributed by atoms with van der Waals surface area (Å²) in [5, 5.41) is 9.83. The minimum atomic E-state index is -3.50. The third-order valence-electron chi connectivity index (χ3n) is 5.31. The highest BCUT2D eigenvalue weighted by atomic mass is 32.2. The molecule has 3 heterocycles. The summed E-state index contributed by atoms with van der Waals surface area (Å²) in [6.45, 7) is 2.77. The van der Waals surface area contributed by atoms with Crippen LogP contribution in [0.3, 0.4) is 0 Å². The van der Waals surface area contributed by atoms with Crippen molar-refractivity contribution in [1.29, 1.82) is 0 Å². The van der Waals surface area contributed by atoms with E-state index in [1.54, 1.807) is 41.6 Å². The monoisotopic (exact) mass is 487 g/mol. The average molecular weight is 488 g/mol. The van der Waals surface area contributed by atoms with Crippen molar-refractivity contribution in [2.45, 2.75) is 43.6 Å². The molecule has 0 spiro atoms. The molecule has 1 atom stereocenters. The Morgan fingerprint density at radius 3 is 2.52 bits per heavy atom. The van der Waals surface area contributed by atoms with Crippen LogP contribution in [0.2, 0.25) is 0 Å². The molecule has 0 aliphatic carbocycles. The van der Waals surface area contributed by atoms with Crippen LogP contribution in [-0.4, -0.2) is 42.0 Å². The maximum Gasteiger partial charge on any atom is 0.331 e. The number of carbonyl (C=O) groups is 1. The molecule has 1 aromatic carbocycles. The number of carbonyl (C=O) groups excluding carboxylic acids is 1. The number of thiophene rings is 1. The zero-order valence-electron chi connectivity index (χ0n) is 18.2. The van der Waals surface area contributed by atoms with E-state index < -0.39 is 22.1 Å². The first-order valence-corrected chi connectivity index (χ1v) is 13.1. The fraction of sp³-hybridized carbons (Fsp3) is 0.348. The first kappa shape index (κ1) is 23.3. The molecule has 1 aliphatic rings. The highest BCUT2D eigenvalue weighted by Crippen LogP contribution is 2.26. The van der Waals surface area contributed by atoms with Crippen LogP contribution >= 0.6 is 11.3 Å². The van der Waals surface area contributed by atoms with E-state index in [1.807, 2.05) is 17.5 Å². The Morgan fingerprint density at radius 2 is 1.85 bits per heavy atom. The number of esters is 1. The van der Waals surface area contributed by atoms with Gasteiger partial charge in [-0.1, -0.05) is 31.0 Å². The van der Waals surface area contributed by atoms with Crippen molar-refractivity contribution in [1.82, 2.24) is 14.5 Å². The van der Waals surface area contributed by atoms with Crippen molar-refractivity contribution in [3.8, 4) is 10.8 Å². The lowest BCUT2D eigenvalue weighted by atomic mass is 10.2. The fourth-order valence-electron chi connectivity index (χ4n) is 3.51. The number of sulfonamides is 1. The van der Waals surface area contributed by atoms with Crippen LogP contribution in [0, 0.1) is 0 Å². The van der Waals surface area contributed by atoms with Gasteiger partial charge in [0.1, 0.15) is 0 Å². The quantitative estimate of drug-likeness (QED) is 0.352. The Morgan fingerprint density at radius 1 is 1.12 bits per heavy atom. The maximum absolute atomic E-state index is 12.9. The number of hydrogen-bond donors (Lipinski definition) is 0. The predicted molar refractivity (Wildman–Crippen MR) is 125 cm³/mol. The van der Waals surface area contributed by atoms with Gasteiger partial charge < -0.3 is 9.15 Å². The molecule has 33 heavy (non-hydrogen) atoms. The molecule has 0 bridgehead atoms. The zero-order chi connectivity index (χ0) is 23.3. The normalized spacial score (nSPS) is 16.5. The zero-order valence-corrected chi connectivity index (χ0v) is 19.8. The third kappa shape index (κ3) is 5.76. The molecule has 1 unspecified atom stereocenters. The van der Waals surface area contributed by atoms with Crippen LogP contribution < -0.4 is 0 Å². The van der Waals surface area contributed by atoms with Gasteiger partial charge in [-0.2, -0.15) is 4.31 Å². The average Bonchev–Trinajstić information content (AvgIpc) is 3.44. The molecule has 3 aromatic rings. The number of nitrogens with zero attached hydrogens (tertiary/aromatic N) is 3. The van der Waals surface area contributed by atoms with Gasteiger partial charge in [-0.15, -0.1) is 21.5 Å². The van der Waals surface area contributed by atoms with Gasteiger partial charge in [0.15, 0.2) is 6.10 Å². The Kier molecular flexibility index (Phi) is 7.36. The molecule has 0 amide bonds. The molecule has 0 radical (unpaired) electrons. The number of ether oxygens (including phenoxy) is 1. The minimum Gasteiger partial charge on any atom is -0.449 e. The summed E-state index contributed by atoms with van der Waals surface area (Å²) in [5.74, 6) is 0.0246. The largest absolute Gasteiger partial charge is 0.449 e. The molecule has 174 valence electrons. The molecular weight excluding hydrogens is 462 g/mol. The van der Waals surface area contributed by atoms with Gasteiger partial charge in [0.25, 0.3) is 11.8 Å². The first-order chi connectivity index (χ1) is 15.9. The van der Waals surface area contributed by atoms with E-state index in [4.69, 9.17) is 9.15 Å². The molecule has 1 aliphatic heterocycles. The number of benzene rings is 1. The second-order valence-corrected chi connectivity index (χ2v) is 10.6. The fourth-order valence-corrected chi connectivity index (χ4v) is 5.67. The standard InChI is InChI=1S/C23H25N3O5S2/c1-17(22-24-25-23(31-22)20-7-6-16-32-20)30-21(27)13-10-18-8-11-19(12-9-18)33(28,29)26-14-4-2-3-5-15-26/h6-13,16-17H,2-5,14-15H2,1H3/b13-10+. The number of rotatable bonds is 7. The van der Waals surface area contributed by atoms with E-state index in [-0.39, 0.29) is 10.8 Å². The second-order valence-electron chi connectivity index (χ2n) is 7.72. The van der Waals surface area contributed by atoms with Gasteiger partial charge >= 0.3 is 5.97 Å². The summed E-state index contributed by atoms with van der Waals surface area (Å²) >= 11 is 1.48. The topological polar surface area (TPSA) is 103 Å². The van der Waals surface area contributed by atoms with Gasteiger partial charge in [0.05, 0.1) is 9.77 Å². The Bertz CT molecular complexity index is 1190. The number of aromatic nitrogens is 2. The molecule has 4 rings (SSSR count). The molecule has 1 fully saturated rings. The molecule has 2 aromatic heterocycles. The summed E-state index contributed by atoms with van der Waals surface area (Å²) < 4.78 is 38.2. The van der Waals surface area contributed by atoms with Crippen LogP contribution in [0.1, 0.15) is 50.2 Å². The van der Waals surface area contributed by atoms with Crippen LogP contribution in [0.15, 0.2) is 57.2 Å². The van der Waals surface area contributed by atoms with Crippen LogP contribution in [-0.2, 0) is 19.6 Å². The van der Waals surface area contributed by atoms with E-state index in [0.29, 0.717) is 24.5 Å². The van der Waals surface area contributed by atoms with E-state index in [0.717, 1.165) is 30.6 Å². The summed E-state index contributed by atoms with van der Waals surface area (Å²) in [7, 11) is -3.50. The Labute approximate surface area is 197 Å². The summed E-state index contributed by atoms with van der Waals surface area (Å²) in [6.07, 6.45) is 6.05. The highest BCUT2D eigenvalue weighted by Gasteiger charge is 2.25.